The fourth-order valence-corrected chi connectivity index (χ4v) is 1.23. The molecular weight excluding hydrogens is 192 g/mol. The van der Waals surface area contributed by atoms with Crippen molar-refractivity contribution >= 4 is 5.95 Å². The maximum absolute atomic E-state index is 5.40. The van der Waals surface area contributed by atoms with Crippen LogP contribution in [-0.4, -0.2) is 22.1 Å². The Balaban J connectivity index is 2.49. The van der Waals surface area contributed by atoms with E-state index in [2.05, 4.69) is 15.0 Å². The minimum absolute atomic E-state index is 0.244. The number of nitrogens with two attached hydrogens (primary N) is 1. The smallest absolute Gasteiger partial charge is 0.219 e. The quantitative estimate of drug-likeness (QED) is 0.790. The van der Waals surface area contributed by atoms with E-state index in [0.29, 0.717) is 11.4 Å². The Morgan fingerprint density at radius 2 is 1.93 bits per heavy atom. The summed E-state index contributed by atoms with van der Waals surface area (Å²) in [5, 5.41) is 0. The summed E-state index contributed by atoms with van der Waals surface area (Å²) in [4.78, 5) is 12.0. The van der Waals surface area contributed by atoms with Crippen LogP contribution in [0.25, 0.3) is 11.3 Å². The van der Waals surface area contributed by atoms with Gasteiger partial charge in [-0.1, -0.05) is 0 Å². The molecule has 0 aliphatic rings. The number of pyridine rings is 1. The lowest BCUT2D eigenvalue weighted by molar-refractivity contribution is 0.415. The van der Waals surface area contributed by atoms with Crippen molar-refractivity contribution in [2.45, 2.75) is 0 Å². The van der Waals surface area contributed by atoms with E-state index in [1.165, 1.54) is 0 Å². The van der Waals surface area contributed by atoms with Gasteiger partial charge in [0.2, 0.25) is 5.95 Å². The molecule has 0 saturated heterocycles. The van der Waals surface area contributed by atoms with Crippen LogP contribution in [0, 0.1) is 0 Å². The molecule has 0 bridgehead atoms. The summed E-state index contributed by atoms with van der Waals surface area (Å²) >= 11 is 0. The lowest BCUT2D eigenvalue weighted by atomic mass is 10.2. The topological polar surface area (TPSA) is 73.9 Å². The molecule has 0 aliphatic carbocycles. The molecule has 5 nitrogen and oxygen atoms in total. The van der Waals surface area contributed by atoms with Gasteiger partial charge in [0.05, 0.1) is 7.11 Å². The van der Waals surface area contributed by atoms with Crippen molar-refractivity contribution in [2.75, 3.05) is 12.8 Å². The Morgan fingerprint density at radius 1 is 1.20 bits per heavy atom. The van der Waals surface area contributed by atoms with Crippen LogP contribution in [-0.2, 0) is 0 Å². The molecule has 2 aromatic heterocycles. The first-order valence-electron chi connectivity index (χ1n) is 4.38. The lowest BCUT2D eigenvalue weighted by Crippen LogP contribution is -1.96. The highest BCUT2D eigenvalue weighted by Gasteiger charge is 2.06. The number of ether oxygens (including phenoxy) is 1. The highest BCUT2D eigenvalue weighted by atomic mass is 16.5. The first-order valence-corrected chi connectivity index (χ1v) is 4.38. The van der Waals surface area contributed by atoms with Gasteiger partial charge in [-0.2, -0.15) is 0 Å². The summed E-state index contributed by atoms with van der Waals surface area (Å²) in [6.45, 7) is 0. The number of nitrogens with zero attached hydrogens (tertiary/aromatic N) is 3. The van der Waals surface area contributed by atoms with Gasteiger partial charge in [0.25, 0.3) is 0 Å². The molecule has 0 aliphatic heterocycles. The molecule has 2 rings (SSSR count). The average Bonchev–Trinajstić information content (AvgIpc) is 2.30. The Kier molecular flexibility index (Phi) is 2.45. The fourth-order valence-electron chi connectivity index (χ4n) is 1.23. The van der Waals surface area contributed by atoms with Crippen LogP contribution in [0.15, 0.2) is 30.7 Å². The van der Waals surface area contributed by atoms with Crippen LogP contribution in [0.5, 0.6) is 5.75 Å². The Hall–Kier alpha value is -2.17. The maximum Gasteiger partial charge on any atom is 0.219 e. The first-order chi connectivity index (χ1) is 7.31. The van der Waals surface area contributed by atoms with Crippen LogP contribution < -0.4 is 10.5 Å². The summed E-state index contributed by atoms with van der Waals surface area (Å²) in [5.41, 5.74) is 6.89. The average molecular weight is 202 g/mol. The van der Waals surface area contributed by atoms with Crippen molar-refractivity contribution in [3.63, 3.8) is 0 Å². The molecule has 76 valence electrons. The van der Waals surface area contributed by atoms with Gasteiger partial charge < -0.3 is 10.5 Å². The van der Waals surface area contributed by atoms with Crippen molar-refractivity contribution in [1.82, 2.24) is 15.0 Å². The van der Waals surface area contributed by atoms with Gasteiger partial charge in [-0.25, -0.2) is 9.97 Å². The first kappa shape index (κ1) is 9.39. The zero-order valence-corrected chi connectivity index (χ0v) is 8.21. The Bertz CT molecular complexity index is 455. The molecule has 0 fully saturated rings. The number of rotatable bonds is 2. The van der Waals surface area contributed by atoms with Gasteiger partial charge in [0.15, 0.2) is 0 Å². The van der Waals surface area contributed by atoms with Crippen LogP contribution >= 0.6 is 0 Å². The van der Waals surface area contributed by atoms with E-state index >= 15 is 0 Å². The second kappa shape index (κ2) is 3.91. The van der Waals surface area contributed by atoms with E-state index < -0.39 is 0 Å². The number of aromatic nitrogens is 3. The van der Waals surface area contributed by atoms with Crippen LogP contribution in [0.4, 0.5) is 5.95 Å². The van der Waals surface area contributed by atoms with Crippen molar-refractivity contribution in [2.24, 2.45) is 0 Å². The molecule has 0 radical (unpaired) electrons. The second-order valence-corrected chi connectivity index (χ2v) is 2.88. The van der Waals surface area contributed by atoms with Gasteiger partial charge in [-0.15, -0.1) is 0 Å². The van der Waals surface area contributed by atoms with E-state index in [1.807, 2.05) is 6.07 Å². The van der Waals surface area contributed by atoms with Crippen molar-refractivity contribution in [1.29, 1.82) is 0 Å². The highest BCUT2D eigenvalue weighted by Crippen LogP contribution is 2.25. The summed E-state index contributed by atoms with van der Waals surface area (Å²) in [6.07, 6.45) is 4.93. The Labute approximate surface area is 87.0 Å². The fraction of sp³-hybridized carbons (Fsp3) is 0.100. The number of hydrogen-bond acceptors (Lipinski definition) is 5. The molecule has 0 saturated carbocycles. The van der Waals surface area contributed by atoms with E-state index in [1.54, 1.807) is 31.8 Å². The predicted molar refractivity (Wildman–Crippen MR) is 56.2 cm³/mol. The molecular formula is C10H10N4O. The van der Waals surface area contributed by atoms with Gasteiger partial charge >= 0.3 is 0 Å². The molecule has 2 aromatic rings. The standard InChI is InChI=1S/C10H10N4O/c1-15-8-3-2-4-12-9(8)7-5-13-10(11)14-6-7/h2-6H,1H3,(H2,11,13,14). The molecule has 0 aromatic carbocycles. The summed E-state index contributed by atoms with van der Waals surface area (Å²) in [7, 11) is 1.60. The van der Waals surface area contributed by atoms with Crippen LogP contribution in [0.1, 0.15) is 0 Å². The molecule has 0 unspecified atom stereocenters. The SMILES string of the molecule is COc1cccnc1-c1cnc(N)nc1. The third-order valence-corrected chi connectivity index (χ3v) is 1.94. The zero-order chi connectivity index (χ0) is 10.7. The summed E-state index contributed by atoms with van der Waals surface area (Å²) in [5.74, 6) is 0.930. The molecule has 2 heterocycles. The summed E-state index contributed by atoms with van der Waals surface area (Å²) < 4.78 is 5.18. The highest BCUT2D eigenvalue weighted by molar-refractivity contribution is 5.64. The third-order valence-electron chi connectivity index (χ3n) is 1.94. The molecule has 5 heteroatoms. The van der Waals surface area contributed by atoms with Crippen molar-refractivity contribution < 1.29 is 4.74 Å². The maximum atomic E-state index is 5.40. The number of hydrogen-bond donors (Lipinski definition) is 1. The summed E-state index contributed by atoms with van der Waals surface area (Å²) in [6, 6.07) is 3.64. The van der Waals surface area contributed by atoms with Crippen LogP contribution in [0.3, 0.4) is 0 Å². The molecule has 0 spiro atoms. The second-order valence-electron chi connectivity index (χ2n) is 2.88. The van der Waals surface area contributed by atoms with Crippen molar-refractivity contribution in [3.05, 3.63) is 30.7 Å². The molecule has 2 N–H and O–H groups in total. The van der Waals surface area contributed by atoms with E-state index in [-0.39, 0.29) is 5.95 Å². The van der Waals surface area contributed by atoms with Gasteiger partial charge in [-0.3, -0.25) is 4.98 Å². The lowest BCUT2D eigenvalue weighted by Gasteiger charge is -2.05. The van der Waals surface area contributed by atoms with Gasteiger partial charge in [0.1, 0.15) is 11.4 Å². The number of nitrogen functional groups attached to an aromatic ring is 1. The number of anilines is 1. The number of methoxy groups -OCH3 is 1. The van der Waals surface area contributed by atoms with E-state index in [0.717, 1.165) is 5.56 Å². The van der Waals surface area contributed by atoms with E-state index in [4.69, 9.17) is 10.5 Å². The minimum Gasteiger partial charge on any atom is -0.494 e. The third kappa shape index (κ3) is 1.85. The molecule has 0 amide bonds. The predicted octanol–water partition coefficient (Wildman–Crippen LogP) is 1.13. The monoisotopic (exact) mass is 202 g/mol. The van der Waals surface area contributed by atoms with Crippen molar-refractivity contribution in [3.8, 4) is 17.0 Å². The van der Waals surface area contributed by atoms with Crippen LogP contribution in [0.2, 0.25) is 0 Å². The van der Waals surface area contributed by atoms with Gasteiger partial charge in [0, 0.05) is 24.2 Å². The normalized spacial score (nSPS) is 9.93. The van der Waals surface area contributed by atoms with E-state index in [9.17, 15) is 0 Å². The molecule has 15 heavy (non-hydrogen) atoms. The Morgan fingerprint density at radius 3 is 2.60 bits per heavy atom. The zero-order valence-electron chi connectivity index (χ0n) is 8.21. The van der Waals surface area contributed by atoms with Gasteiger partial charge in [-0.05, 0) is 12.1 Å². The molecule has 0 atom stereocenters. The minimum atomic E-state index is 0.244. The largest absolute Gasteiger partial charge is 0.494 e.